The molecular formula is C18H20N6O2. The van der Waals surface area contributed by atoms with Crippen LogP contribution in [0.5, 0.6) is 5.75 Å². The van der Waals surface area contributed by atoms with Crippen LogP contribution >= 0.6 is 0 Å². The van der Waals surface area contributed by atoms with Gasteiger partial charge in [-0.1, -0.05) is 25.5 Å². The fraction of sp³-hybridized carbons (Fsp3) is 0.278. The molecule has 0 aliphatic rings. The molecule has 3 aromatic rings. The predicted octanol–water partition coefficient (Wildman–Crippen LogP) is 1.71. The fourth-order valence-electron chi connectivity index (χ4n) is 2.71. The van der Waals surface area contributed by atoms with E-state index in [4.69, 9.17) is 10.5 Å². The number of nitrogens with two attached hydrogens (primary N) is 1. The molecule has 0 aliphatic carbocycles. The number of carbonyl (C=O) groups excluding carboxylic acids is 1. The minimum absolute atomic E-state index is 0.0497. The Balaban J connectivity index is 2.21. The number of primary amides is 1. The topological polar surface area (TPSA) is 109 Å². The molecular weight excluding hydrogens is 332 g/mol. The summed E-state index contributed by atoms with van der Waals surface area (Å²) in [4.78, 5) is 24.4. The molecule has 0 saturated carbocycles. The standard InChI is InChI=1S/C18H20N6O2/c1-3-6-13-12(10-20-11-21-13)18-22-17(9-16(19)25)23-24(18)14-7-4-5-8-15(14)26-2/h4-5,7-8,10-11H,3,6,9H2,1-2H3,(H2,19,25). The van der Waals surface area contributed by atoms with Crippen molar-refractivity contribution < 1.29 is 9.53 Å². The molecule has 0 unspecified atom stereocenters. The summed E-state index contributed by atoms with van der Waals surface area (Å²) >= 11 is 0. The first kappa shape index (κ1) is 17.5. The number of amides is 1. The van der Waals surface area contributed by atoms with E-state index in [-0.39, 0.29) is 6.42 Å². The van der Waals surface area contributed by atoms with Gasteiger partial charge in [0.15, 0.2) is 11.6 Å². The number of rotatable bonds is 7. The highest BCUT2D eigenvalue weighted by molar-refractivity contribution is 5.76. The summed E-state index contributed by atoms with van der Waals surface area (Å²) in [6.07, 6.45) is 4.89. The molecule has 0 radical (unpaired) electrons. The average Bonchev–Trinajstić information content (AvgIpc) is 3.05. The van der Waals surface area contributed by atoms with Crippen LogP contribution in [-0.2, 0) is 17.6 Å². The molecule has 0 atom stereocenters. The van der Waals surface area contributed by atoms with Crippen molar-refractivity contribution in [2.45, 2.75) is 26.2 Å². The predicted molar refractivity (Wildman–Crippen MR) is 95.8 cm³/mol. The van der Waals surface area contributed by atoms with E-state index < -0.39 is 5.91 Å². The Labute approximate surface area is 151 Å². The number of benzene rings is 1. The summed E-state index contributed by atoms with van der Waals surface area (Å²) in [7, 11) is 1.59. The molecule has 3 rings (SSSR count). The highest BCUT2D eigenvalue weighted by Crippen LogP contribution is 2.28. The van der Waals surface area contributed by atoms with Crippen LogP contribution in [0.3, 0.4) is 0 Å². The Kier molecular flexibility index (Phi) is 5.21. The lowest BCUT2D eigenvalue weighted by Gasteiger charge is -2.11. The van der Waals surface area contributed by atoms with Gasteiger partial charge in [-0.05, 0) is 18.6 Å². The molecule has 8 nitrogen and oxygen atoms in total. The van der Waals surface area contributed by atoms with Gasteiger partial charge >= 0.3 is 0 Å². The van der Waals surface area contributed by atoms with Gasteiger partial charge in [-0.25, -0.2) is 19.6 Å². The monoisotopic (exact) mass is 352 g/mol. The van der Waals surface area contributed by atoms with E-state index in [1.807, 2.05) is 24.3 Å². The van der Waals surface area contributed by atoms with Gasteiger partial charge in [0.1, 0.15) is 17.8 Å². The van der Waals surface area contributed by atoms with Gasteiger partial charge in [0.2, 0.25) is 5.91 Å². The Morgan fingerprint density at radius 3 is 2.85 bits per heavy atom. The number of carbonyl (C=O) groups is 1. The molecule has 2 N–H and O–H groups in total. The third kappa shape index (κ3) is 3.53. The lowest BCUT2D eigenvalue weighted by molar-refractivity contribution is -0.117. The largest absolute Gasteiger partial charge is 0.494 e. The molecule has 26 heavy (non-hydrogen) atoms. The molecule has 0 aliphatic heterocycles. The quantitative estimate of drug-likeness (QED) is 0.693. The number of hydrogen-bond donors (Lipinski definition) is 1. The van der Waals surface area contributed by atoms with E-state index in [0.717, 1.165) is 24.1 Å². The summed E-state index contributed by atoms with van der Waals surface area (Å²) in [6.45, 7) is 2.08. The van der Waals surface area contributed by atoms with Gasteiger partial charge in [-0.15, -0.1) is 0 Å². The number of hydrogen-bond acceptors (Lipinski definition) is 6. The highest BCUT2D eigenvalue weighted by atomic mass is 16.5. The zero-order valence-corrected chi connectivity index (χ0v) is 14.7. The van der Waals surface area contributed by atoms with Crippen molar-refractivity contribution in [2.75, 3.05) is 7.11 Å². The van der Waals surface area contributed by atoms with Crippen LogP contribution < -0.4 is 10.5 Å². The van der Waals surface area contributed by atoms with Crippen molar-refractivity contribution in [3.05, 3.63) is 48.3 Å². The first-order valence-corrected chi connectivity index (χ1v) is 8.31. The van der Waals surface area contributed by atoms with Crippen LogP contribution in [0.15, 0.2) is 36.8 Å². The number of para-hydroxylation sites is 2. The molecule has 0 saturated heterocycles. The van der Waals surface area contributed by atoms with Gasteiger partial charge in [0, 0.05) is 6.20 Å². The summed E-state index contributed by atoms with van der Waals surface area (Å²) in [5, 5.41) is 4.48. The summed E-state index contributed by atoms with van der Waals surface area (Å²) < 4.78 is 7.09. The van der Waals surface area contributed by atoms with Crippen LogP contribution in [0.1, 0.15) is 24.9 Å². The average molecular weight is 352 g/mol. The van der Waals surface area contributed by atoms with E-state index >= 15 is 0 Å². The second-order valence-electron chi connectivity index (χ2n) is 5.71. The van der Waals surface area contributed by atoms with Crippen LogP contribution in [0.2, 0.25) is 0 Å². The highest BCUT2D eigenvalue weighted by Gasteiger charge is 2.20. The fourth-order valence-corrected chi connectivity index (χ4v) is 2.71. The molecule has 0 spiro atoms. The molecule has 1 aromatic carbocycles. The van der Waals surface area contributed by atoms with Crippen molar-refractivity contribution >= 4 is 5.91 Å². The Hall–Kier alpha value is -3.29. The molecule has 0 fully saturated rings. The molecule has 2 heterocycles. The molecule has 134 valence electrons. The van der Waals surface area contributed by atoms with Crippen LogP contribution in [-0.4, -0.2) is 37.7 Å². The van der Waals surface area contributed by atoms with E-state index in [9.17, 15) is 4.79 Å². The second kappa shape index (κ2) is 7.73. The third-order valence-corrected chi connectivity index (χ3v) is 3.82. The van der Waals surface area contributed by atoms with Crippen molar-refractivity contribution in [3.63, 3.8) is 0 Å². The number of ether oxygens (including phenoxy) is 1. The van der Waals surface area contributed by atoms with Crippen LogP contribution in [0.4, 0.5) is 0 Å². The Morgan fingerprint density at radius 1 is 1.31 bits per heavy atom. The molecule has 1 amide bonds. The summed E-state index contributed by atoms with van der Waals surface area (Å²) in [5.41, 5.74) is 7.66. The third-order valence-electron chi connectivity index (χ3n) is 3.82. The first-order chi connectivity index (χ1) is 12.6. The SMILES string of the molecule is CCCc1ncncc1-c1nc(CC(N)=O)nn1-c1ccccc1OC. The van der Waals surface area contributed by atoms with Gasteiger partial charge in [0.25, 0.3) is 0 Å². The maximum Gasteiger partial charge on any atom is 0.225 e. The smallest absolute Gasteiger partial charge is 0.225 e. The second-order valence-corrected chi connectivity index (χ2v) is 5.71. The van der Waals surface area contributed by atoms with Crippen molar-refractivity contribution in [2.24, 2.45) is 5.73 Å². The van der Waals surface area contributed by atoms with E-state index in [0.29, 0.717) is 23.1 Å². The summed E-state index contributed by atoms with van der Waals surface area (Å²) in [5.74, 6) is 1.03. The first-order valence-electron chi connectivity index (χ1n) is 8.31. The van der Waals surface area contributed by atoms with E-state index in [1.165, 1.54) is 6.33 Å². The van der Waals surface area contributed by atoms with Crippen molar-refractivity contribution in [1.82, 2.24) is 24.7 Å². The lowest BCUT2D eigenvalue weighted by Crippen LogP contribution is -2.14. The number of nitrogens with zero attached hydrogens (tertiary/aromatic N) is 5. The minimum Gasteiger partial charge on any atom is -0.494 e. The number of methoxy groups -OCH3 is 1. The zero-order valence-electron chi connectivity index (χ0n) is 14.7. The van der Waals surface area contributed by atoms with Gasteiger partial charge in [0.05, 0.1) is 24.8 Å². The van der Waals surface area contributed by atoms with E-state index in [2.05, 4.69) is 27.0 Å². The molecule has 2 aromatic heterocycles. The molecule has 0 bridgehead atoms. The van der Waals surface area contributed by atoms with Crippen LogP contribution in [0.25, 0.3) is 17.1 Å². The maximum absolute atomic E-state index is 11.3. The number of aryl methyl sites for hydroxylation is 1. The van der Waals surface area contributed by atoms with Crippen LogP contribution in [0, 0.1) is 0 Å². The maximum atomic E-state index is 11.3. The zero-order chi connectivity index (χ0) is 18.5. The normalized spacial score (nSPS) is 10.7. The number of aromatic nitrogens is 5. The van der Waals surface area contributed by atoms with E-state index in [1.54, 1.807) is 18.0 Å². The Bertz CT molecular complexity index is 922. The van der Waals surface area contributed by atoms with Gasteiger partial charge < -0.3 is 10.5 Å². The molecule has 8 heteroatoms. The summed E-state index contributed by atoms with van der Waals surface area (Å²) in [6, 6.07) is 7.46. The minimum atomic E-state index is -0.494. The van der Waals surface area contributed by atoms with Gasteiger partial charge in [-0.3, -0.25) is 4.79 Å². The van der Waals surface area contributed by atoms with Gasteiger partial charge in [-0.2, -0.15) is 5.10 Å². The Morgan fingerprint density at radius 2 is 2.12 bits per heavy atom. The lowest BCUT2D eigenvalue weighted by atomic mass is 10.1. The van der Waals surface area contributed by atoms with Crippen molar-refractivity contribution in [3.8, 4) is 22.8 Å². The van der Waals surface area contributed by atoms with Crippen molar-refractivity contribution in [1.29, 1.82) is 0 Å².